The molecule has 2 heterocycles. The number of halogens is 4. The van der Waals surface area contributed by atoms with E-state index >= 15 is 0 Å². The molecule has 0 atom stereocenters. The number of nitrogens with zero attached hydrogens (tertiary/aromatic N) is 1. The monoisotopic (exact) mass is 413 g/mol. The van der Waals surface area contributed by atoms with Crippen LogP contribution in [-0.2, 0) is 11.0 Å². The summed E-state index contributed by atoms with van der Waals surface area (Å²) in [6.45, 7) is 3.58. The Kier molecular flexibility index (Phi) is 5.21. The topological polar surface area (TPSA) is 50.5 Å². The molecule has 0 unspecified atom stereocenters. The SMILES string of the molecule is C=CCN1C(=O)SC(=Cc2ccc(-c3ccc(Cl)c(C(F)(F)F)c3)o2)C1=O. The molecule has 0 spiro atoms. The van der Waals surface area contributed by atoms with Crippen molar-refractivity contribution >= 4 is 40.6 Å². The van der Waals surface area contributed by atoms with Gasteiger partial charge in [-0.25, -0.2) is 0 Å². The maximum Gasteiger partial charge on any atom is 0.417 e. The number of furan rings is 1. The minimum atomic E-state index is -4.59. The second-order valence-corrected chi connectivity index (χ2v) is 6.88. The maximum atomic E-state index is 13.0. The Morgan fingerprint density at radius 2 is 1.96 bits per heavy atom. The van der Waals surface area contributed by atoms with E-state index < -0.39 is 27.9 Å². The van der Waals surface area contributed by atoms with Gasteiger partial charge in [-0.15, -0.1) is 6.58 Å². The van der Waals surface area contributed by atoms with Crippen LogP contribution in [0.5, 0.6) is 0 Å². The van der Waals surface area contributed by atoms with Crippen LogP contribution in [0.2, 0.25) is 5.02 Å². The average molecular weight is 414 g/mol. The highest BCUT2D eigenvalue weighted by atomic mass is 35.5. The summed E-state index contributed by atoms with van der Waals surface area (Å²) in [5, 5.41) is -0.834. The molecule has 1 aromatic heterocycles. The van der Waals surface area contributed by atoms with Crippen molar-refractivity contribution < 1.29 is 27.2 Å². The van der Waals surface area contributed by atoms with E-state index in [1.165, 1.54) is 30.4 Å². The van der Waals surface area contributed by atoms with Gasteiger partial charge in [-0.1, -0.05) is 17.7 Å². The van der Waals surface area contributed by atoms with E-state index in [0.29, 0.717) is 0 Å². The summed E-state index contributed by atoms with van der Waals surface area (Å²) < 4.78 is 44.5. The van der Waals surface area contributed by atoms with E-state index in [-0.39, 0.29) is 28.5 Å². The number of alkyl halides is 3. The number of carbonyl (C=O) groups excluding carboxylic acids is 2. The van der Waals surface area contributed by atoms with Crippen molar-refractivity contribution in [2.75, 3.05) is 6.54 Å². The molecular weight excluding hydrogens is 403 g/mol. The fraction of sp³-hybridized carbons (Fsp3) is 0.111. The molecule has 140 valence electrons. The van der Waals surface area contributed by atoms with Gasteiger partial charge in [0.25, 0.3) is 11.1 Å². The Balaban J connectivity index is 1.89. The van der Waals surface area contributed by atoms with Crippen molar-refractivity contribution in [1.82, 2.24) is 4.90 Å². The second-order valence-electron chi connectivity index (χ2n) is 5.48. The van der Waals surface area contributed by atoms with Crippen molar-refractivity contribution in [3.63, 3.8) is 0 Å². The third-order valence-electron chi connectivity index (χ3n) is 3.64. The predicted molar refractivity (Wildman–Crippen MR) is 97.0 cm³/mol. The molecule has 0 radical (unpaired) electrons. The number of imide groups is 1. The minimum Gasteiger partial charge on any atom is -0.457 e. The zero-order valence-corrected chi connectivity index (χ0v) is 15.1. The van der Waals surface area contributed by atoms with Crippen LogP contribution in [0.4, 0.5) is 18.0 Å². The highest BCUT2D eigenvalue weighted by Crippen LogP contribution is 2.38. The van der Waals surface area contributed by atoms with E-state index in [2.05, 4.69) is 6.58 Å². The number of thioether (sulfide) groups is 1. The summed E-state index contributed by atoms with van der Waals surface area (Å²) in [7, 11) is 0. The van der Waals surface area contributed by atoms with Crippen molar-refractivity contribution in [3.8, 4) is 11.3 Å². The molecule has 9 heteroatoms. The lowest BCUT2D eigenvalue weighted by Crippen LogP contribution is -2.27. The molecule has 27 heavy (non-hydrogen) atoms. The molecule has 3 rings (SSSR count). The van der Waals surface area contributed by atoms with Crippen molar-refractivity contribution in [2.24, 2.45) is 0 Å². The van der Waals surface area contributed by atoms with Gasteiger partial charge in [0, 0.05) is 18.2 Å². The summed E-state index contributed by atoms with van der Waals surface area (Å²) >= 11 is 6.37. The molecular formula is C18H11ClF3NO3S. The fourth-order valence-corrected chi connectivity index (χ4v) is 3.45. The van der Waals surface area contributed by atoms with Gasteiger partial charge in [-0.2, -0.15) is 13.2 Å². The molecule has 1 aliphatic heterocycles. The predicted octanol–water partition coefficient (Wildman–Crippen LogP) is 5.84. The lowest BCUT2D eigenvalue weighted by atomic mass is 10.1. The Hall–Kier alpha value is -2.45. The van der Waals surface area contributed by atoms with Crippen LogP contribution < -0.4 is 0 Å². The number of amides is 2. The molecule has 4 nitrogen and oxygen atoms in total. The highest BCUT2D eigenvalue weighted by molar-refractivity contribution is 8.18. The number of hydrogen-bond acceptors (Lipinski definition) is 4. The lowest BCUT2D eigenvalue weighted by molar-refractivity contribution is -0.137. The molecule has 0 saturated carbocycles. The first-order valence-electron chi connectivity index (χ1n) is 7.54. The molecule has 1 saturated heterocycles. The molecule has 0 N–H and O–H groups in total. The van der Waals surface area contributed by atoms with Gasteiger partial charge in [0.15, 0.2) is 0 Å². The first kappa shape index (κ1) is 19.3. The minimum absolute atomic E-state index is 0.0937. The molecule has 2 amide bonds. The maximum absolute atomic E-state index is 13.0. The third kappa shape index (κ3) is 3.96. The van der Waals surface area contributed by atoms with Crippen LogP contribution in [-0.4, -0.2) is 22.6 Å². The van der Waals surface area contributed by atoms with E-state index in [9.17, 15) is 22.8 Å². The second kappa shape index (κ2) is 7.28. The van der Waals surface area contributed by atoms with Crippen LogP contribution in [0.25, 0.3) is 17.4 Å². The first-order valence-corrected chi connectivity index (χ1v) is 8.73. The van der Waals surface area contributed by atoms with Crippen molar-refractivity contribution in [3.05, 3.63) is 64.2 Å². The van der Waals surface area contributed by atoms with Crippen molar-refractivity contribution in [1.29, 1.82) is 0 Å². The summed E-state index contributed by atoms with van der Waals surface area (Å²) in [5.74, 6) is -0.0694. The molecule has 1 aromatic carbocycles. The summed E-state index contributed by atoms with van der Waals surface area (Å²) in [5.41, 5.74) is -0.781. The molecule has 0 aliphatic carbocycles. The van der Waals surface area contributed by atoms with Gasteiger partial charge in [0.2, 0.25) is 0 Å². The average Bonchev–Trinajstić information content (AvgIpc) is 3.15. The van der Waals surface area contributed by atoms with E-state index in [1.807, 2.05) is 0 Å². The summed E-state index contributed by atoms with van der Waals surface area (Å²) in [6, 6.07) is 6.41. The van der Waals surface area contributed by atoms with Crippen molar-refractivity contribution in [2.45, 2.75) is 6.18 Å². The van der Waals surface area contributed by atoms with Crippen LogP contribution in [0.3, 0.4) is 0 Å². The van der Waals surface area contributed by atoms with Gasteiger partial charge >= 0.3 is 6.18 Å². The Bertz CT molecular complexity index is 965. The van der Waals surface area contributed by atoms with Gasteiger partial charge in [-0.3, -0.25) is 14.5 Å². The number of carbonyl (C=O) groups is 2. The number of hydrogen-bond donors (Lipinski definition) is 0. The zero-order valence-electron chi connectivity index (χ0n) is 13.5. The van der Waals surface area contributed by atoms with Crippen LogP contribution in [0.15, 0.2) is 52.3 Å². The highest BCUT2D eigenvalue weighted by Gasteiger charge is 2.35. The Morgan fingerprint density at radius 3 is 2.63 bits per heavy atom. The molecule has 1 fully saturated rings. The van der Waals surface area contributed by atoms with E-state index in [0.717, 1.165) is 28.8 Å². The molecule has 2 aromatic rings. The Morgan fingerprint density at radius 1 is 1.22 bits per heavy atom. The van der Waals surface area contributed by atoms with Crippen LogP contribution in [0.1, 0.15) is 11.3 Å². The van der Waals surface area contributed by atoms with E-state index in [4.69, 9.17) is 16.0 Å². The standard InChI is InChI=1S/C18H11ClF3NO3S/c1-2-7-23-16(24)15(27-17(23)25)9-11-4-6-14(26-11)10-3-5-13(19)12(8-10)18(20,21)22/h2-6,8-9H,1,7H2. The Labute approximate surface area is 161 Å². The van der Waals surface area contributed by atoms with Gasteiger partial charge in [0.05, 0.1) is 15.5 Å². The molecule has 1 aliphatic rings. The fourth-order valence-electron chi connectivity index (χ4n) is 2.40. The largest absolute Gasteiger partial charge is 0.457 e. The van der Waals surface area contributed by atoms with E-state index in [1.54, 1.807) is 0 Å². The van der Waals surface area contributed by atoms with Crippen LogP contribution >= 0.6 is 23.4 Å². The normalized spacial score (nSPS) is 16.4. The summed E-state index contributed by atoms with van der Waals surface area (Å²) in [4.78, 5) is 25.2. The number of benzene rings is 1. The third-order valence-corrected chi connectivity index (χ3v) is 4.88. The molecule has 0 bridgehead atoms. The number of rotatable bonds is 4. The summed E-state index contributed by atoms with van der Waals surface area (Å²) in [6.07, 6.45) is -1.78. The van der Waals surface area contributed by atoms with Gasteiger partial charge in [0.1, 0.15) is 11.5 Å². The van der Waals surface area contributed by atoms with Gasteiger partial charge in [-0.05, 0) is 42.1 Å². The zero-order chi connectivity index (χ0) is 19.8. The quantitative estimate of drug-likeness (QED) is 0.466. The smallest absolute Gasteiger partial charge is 0.417 e. The van der Waals surface area contributed by atoms with Gasteiger partial charge < -0.3 is 4.42 Å². The first-order chi connectivity index (χ1) is 12.7. The lowest BCUT2D eigenvalue weighted by Gasteiger charge is -2.09. The van der Waals surface area contributed by atoms with Crippen LogP contribution in [0, 0.1) is 0 Å².